The fourth-order valence-electron chi connectivity index (χ4n) is 2.54. The van der Waals surface area contributed by atoms with E-state index in [1.165, 1.54) is 18.9 Å². The summed E-state index contributed by atoms with van der Waals surface area (Å²) in [5.74, 6) is 1.21. The van der Waals surface area contributed by atoms with Gasteiger partial charge in [0.25, 0.3) is 0 Å². The van der Waals surface area contributed by atoms with Gasteiger partial charge >= 0.3 is 0 Å². The van der Waals surface area contributed by atoms with Gasteiger partial charge in [-0.25, -0.2) is 14.4 Å². The van der Waals surface area contributed by atoms with Crippen molar-refractivity contribution in [1.29, 1.82) is 0 Å². The average molecular weight is 318 g/mol. The Morgan fingerprint density at radius 1 is 1.14 bits per heavy atom. The lowest BCUT2D eigenvalue weighted by Crippen LogP contribution is -2.19. The first-order valence-electron chi connectivity index (χ1n) is 7.35. The van der Waals surface area contributed by atoms with Crippen LogP contribution in [0.15, 0.2) is 24.3 Å². The molecule has 5 heteroatoms. The standard InChI is InChI=1S/C17H17ClFN3/c1-12-10-17(22-8-2-3-9-22)21-16(20-12)7-5-13-4-6-15(19)14(18)11-13/h4-7,10-11H,2-3,8-9H2,1H3. The first kappa shape index (κ1) is 15.0. The SMILES string of the molecule is Cc1cc(N2CCCC2)nc(C=Cc2ccc(F)c(Cl)c2)n1. The molecule has 0 atom stereocenters. The van der Waals surface area contributed by atoms with Crippen LogP contribution in [0.2, 0.25) is 5.02 Å². The molecule has 0 radical (unpaired) electrons. The summed E-state index contributed by atoms with van der Waals surface area (Å²) in [6.07, 6.45) is 6.09. The van der Waals surface area contributed by atoms with Crippen molar-refractivity contribution < 1.29 is 4.39 Å². The number of anilines is 1. The summed E-state index contributed by atoms with van der Waals surface area (Å²) < 4.78 is 13.2. The molecule has 2 aromatic rings. The van der Waals surface area contributed by atoms with E-state index in [-0.39, 0.29) is 5.02 Å². The van der Waals surface area contributed by atoms with E-state index in [2.05, 4.69) is 14.9 Å². The molecular weight excluding hydrogens is 301 g/mol. The predicted molar refractivity (Wildman–Crippen MR) is 88.6 cm³/mol. The number of hydrogen-bond acceptors (Lipinski definition) is 3. The third-order valence-electron chi connectivity index (χ3n) is 3.66. The first-order chi connectivity index (χ1) is 10.6. The Bertz CT molecular complexity index is 709. The highest BCUT2D eigenvalue weighted by atomic mass is 35.5. The molecule has 0 saturated carbocycles. The molecule has 1 aliphatic heterocycles. The second-order valence-corrected chi connectivity index (χ2v) is 5.83. The van der Waals surface area contributed by atoms with Crippen LogP contribution in [-0.4, -0.2) is 23.1 Å². The van der Waals surface area contributed by atoms with Gasteiger partial charge in [-0.05, 0) is 43.5 Å². The normalized spacial score (nSPS) is 15.0. The summed E-state index contributed by atoms with van der Waals surface area (Å²) in [7, 11) is 0. The Labute approximate surface area is 134 Å². The Morgan fingerprint density at radius 2 is 1.91 bits per heavy atom. The Hall–Kier alpha value is -1.94. The number of rotatable bonds is 3. The van der Waals surface area contributed by atoms with E-state index < -0.39 is 5.82 Å². The van der Waals surface area contributed by atoms with Crippen LogP contribution in [0.4, 0.5) is 10.2 Å². The molecule has 0 aliphatic carbocycles. The van der Waals surface area contributed by atoms with Crippen LogP contribution in [0.3, 0.4) is 0 Å². The lowest BCUT2D eigenvalue weighted by molar-refractivity contribution is 0.628. The van der Waals surface area contributed by atoms with Gasteiger partial charge in [0, 0.05) is 24.8 Å². The molecule has 22 heavy (non-hydrogen) atoms. The highest BCUT2D eigenvalue weighted by Gasteiger charge is 2.14. The van der Waals surface area contributed by atoms with Crippen molar-refractivity contribution in [2.45, 2.75) is 19.8 Å². The van der Waals surface area contributed by atoms with Crippen molar-refractivity contribution in [2.24, 2.45) is 0 Å². The van der Waals surface area contributed by atoms with Gasteiger partial charge in [-0.15, -0.1) is 0 Å². The fraction of sp³-hybridized carbons (Fsp3) is 0.294. The van der Waals surface area contributed by atoms with Gasteiger partial charge < -0.3 is 4.90 Å². The maximum atomic E-state index is 13.2. The maximum absolute atomic E-state index is 13.2. The second-order valence-electron chi connectivity index (χ2n) is 5.43. The van der Waals surface area contributed by atoms with Gasteiger partial charge in [0.15, 0.2) is 5.82 Å². The zero-order valence-electron chi connectivity index (χ0n) is 12.4. The zero-order valence-corrected chi connectivity index (χ0v) is 13.1. The van der Waals surface area contributed by atoms with Crippen molar-refractivity contribution in [1.82, 2.24) is 9.97 Å². The first-order valence-corrected chi connectivity index (χ1v) is 7.73. The topological polar surface area (TPSA) is 29.0 Å². The molecule has 1 saturated heterocycles. The third-order valence-corrected chi connectivity index (χ3v) is 3.95. The fourth-order valence-corrected chi connectivity index (χ4v) is 2.73. The molecule has 1 fully saturated rings. The van der Waals surface area contributed by atoms with E-state index in [4.69, 9.17) is 11.6 Å². The Balaban J connectivity index is 1.84. The van der Waals surface area contributed by atoms with Crippen LogP contribution in [0.25, 0.3) is 12.2 Å². The summed E-state index contributed by atoms with van der Waals surface area (Å²) >= 11 is 5.79. The molecule has 1 aromatic heterocycles. The highest BCUT2D eigenvalue weighted by molar-refractivity contribution is 6.30. The molecule has 0 spiro atoms. The predicted octanol–water partition coefficient (Wildman–Crippen LogP) is 4.35. The second kappa shape index (κ2) is 6.44. The largest absolute Gasteiger partial charge is 0.356 e. The van der Waals surface area contributed by atoms with E-state index >= 15 is 0 Å². The Kier molecular flexibility index (Phi) is 4.39. The minimum Gasteiger partial charge on any atom is -0.356 e. The number of aryl methyl sites for hydroxylation is 1. The van der Waals surface area contributed by atoms with Crippen LogP contribution >= 0.6 is 11.6 Å². The summed E-state index contributed by atoms with van der Waals surface area (Å²) in [6, 6.07) is 6.63. The number of hydrogen-bond donors (Lipinski definition) is 0. The van der Waals surface area contributed by atoms with E-state index in [1.54, 1.807) is 12.1 Å². The molecular formula is C17H17ClFN3. The van der Waals surface area contributed by atoms with Crippen LogP contribution < -0.4 is 4.90 Å². The molecule has 0 amide bonds. The van der Waals surface area contributed by atoms with E-state index in [1.807, 2.05) is 25.1 Å². The van der Waals surface area contributed by atoms with Crippen LogP contribution in [0.1, 0.15) is 29.9 Å². The molecule has 2 heterocycles. The lowest BCUT2D eigenvalue weighted by Gasteiger charge is -2.16. The zero-order chi connectivity index (χ0) is 15.5. The van der Waals surface area contributed by atoms with Crippen molar-refractivity contribution in [3.63, 3.8) is 0 Å². The number of halogens is 2. The summed E-state index contributed by atoms with van der Waals surface area (Å²) in [5.41, 5.74) is 1.76. The molecule has 0 N–H and O–H groups in total. The van der Waals surface area contributed by atoms with Crippen molar-refractivity contribution in [3.8, 4) is 0 Å². The summed E-state index contributed by atoms with van der Waals surface area (Å²) in [5, 5.41) is 0.116. The molecule has 1 aliphatic rings. The number of aromatic nitrogens is 2. The van der Waals surface area contributed by atoms with Gasteiger partial charge in [0.05, 0.1) is 5.02 Å². The average Bonchev–Trinajstić information content (AvgIpc) is 3.02. The monoisotopic (exact) mass is 317 g/mol. The van der Waals surface area contributed by atoms with Gasteiger partial charge in [0.2, 0.25) is 0 Å². The van der Waals surface area contributed by atoms with Crippen molar-refractivity contribution in [2.75, 3.05) is 18.0 Å². The van der Waals surface area contributed by atoms with E-state index in [0.29, 0.717) is 5.82 Å². The molecule has 0 unspecified atom stereocenters. The maximum Gasteiger partial charge on any atom is 0.154 e. The molecule has 114 valence electrons. The quantitative estimate of drug-likeness (QED) is 0.843. The molecule has 3 nitrogen and oxygen atoms in total. The minimum atomic E-state index is -0.415. The van der Waals surface area contributed by atoms with Crippen LogP contribution in [0, 0.1) is 12.7 Å². The third kappa shape index (κ3) is 3.45. The minimum absolute atomic E-state index is 0.116. The van der Waals surface area contributed by atoms with Gasteiger partial charge in [-0.1, -0.05) is 23.7 Å². The van der Waals surface area contributed by atoms with E-state index in [9.17, 15) is 4.39 Å². The van der Waals surface area contributed by atoms with Gasteiger partial charge in [0.1, 0.15) is 11.6 Å². The van der Waals surface area contributed by atoms with Crippen molar-refractivity contribution >= 4 is 29.6 Å². The molecule has 3 rings (SSSR count). The van der Waals surface area contributed by atoms with Crippen LogP contribution in [-0.2, 0) is 0 Å². The number of benzene rings is 1. The molecule has 0 bridgehead atoms. The summed E-state index contributed by atoms with van der Waals surface area (Å²) in [4.78, 5) is 11.3. The van der Waals surface area contributed by atoms with Crippen molar-refractivity contribution in [3.05, 3.63) is 52.2 Å². The lowest BCUT2D eigenvalue weighted by atomic mass is 10.2. The van der Waals surface area contributed by atoms with E-state index in [0.717, 1.165) is 30.2 Å². The molecule has 1 aromatic carbocycles. The Morgan fingerprint density at radius 3 is 2.64 bits per heavy atom. The van der Waals surface area contributed by atoms with Gasteiger partial charge in [-0.3, -0.25) is 0 Å². The van der Waals surface area contributed by atoms with Crippen LogP contribution in [0.5, 0.6) is 0 Å². The highest BCUT2D eigenvalue weighted by Crippen LogP contribution is 2.20. The smallest absolute Gasteiger partial charge is 0.154 e. The number of nitrogens with zero attached hydrogens (tertiary/aromatic N) is 3. The van der Waals surface area contributed by atoms with Gasteiger partial charge in [-0.2, -0.15) is 0 Å². The summed E-state index contributed by atoms with van der Waals surface area (Å²) in [6.45, 7) is 4.06.